The molecule has 1 atom stereocenters. The van der Waals surface area contributed by atoms with Crippen LogP contribution in [0.1, 0.15) is 29.8 Å². The van der Waals surface area contributed by atoms with E-state index in [9.17, 15) is 0 Å². The highest BCUT2D eigenvalue weighted by molar-refractivity contribution is 9.10. The average molecular weight is 309 g/mol. The van der Waals surface area contributed by atoms with Crippen LogP contribution in [-0.2, 0) is 6.54 Å². The predicted octanol–water partition coefficient (Wildman–Crippen LogP) is 2.53. The minimum atomic E-state index is -0.0412. The van der Waals surface area contributed by atoms with Gasteiger partial charge in [0, 0.05) is 17.2 Å². The lowest BCUT2D eigenvalue weighted by molar-refractivity contribution is 0.542. The first-order valence-electron chi connectivity index (χ1n) is 5.91. The number of aryl methyl sites for hydroxylation is 2. The summed E-state index contributed by atoms with van der Waals surface area (Å²) in [6.07, 6.45) is 1.80. The van der Waals surface area contributed by atoms with Crippen molar-refractivity contribution in [2.75, 3.05) is 0 Å². The van der Waals surface area contributed by atoms with Crippen molar-refractivity contribution >= 4 is 15.9 Å². The summed E-state index contributed by atoms with van der Waals surface area (Å²) < 4.78 is 3.02. The van der Waals surface area contributed by atoms with Crippen molar-refractivity contribution in [2.45, 2.75) is 26.4 Å². The third-order valence-corrected chi connectivity index (χ3v) is 3.55. The number of nitrogens with zero attached hydrogens (tertiary/aromatic N) is 2. The Morgan fingerprint density at radius 1 is 1.44 bits per heavy atom. The van der Waals surface area contributed by atoms with Crippen LogP contribution in [0.3, 0.4) is 0 Å². The van der Waals surface area contributed by atoms with Gasteiger partial charge in [0.05, 0.1) is 11.7 Å². The molecule has 96 valence electrons. The van der Waals surface area contributed by atoms with Crippen molar-refractivity contribution in [1.29, 1.82) is 0 Å². The van der Waals surface area contributed by atoms with Crippen molar-refractivity contribution in [2.24, 2.45) is 5.84 Å². The molecule has 18 heavy (non-hydrogen) atoms. The number of benzene rings is 1. The number of nitrogens with one attached hydrogen (secondary N) is 1. The lowest BCUT2D eigenvalue weighted by atomic mass is 9.99. The number of hydrazine groups is 1. The Morgan fingerprint density at radius 3 is 2.83 bits per heavy atom. The fraction of sp³-hybridized carbons (Fsp3) is 0.308. The molecule has 1 aromatic carbocycles. The first-order chi connectivity index (χ1) is 8.67. The van der Waals surface area contributed by atoms with Crippen LogP contribution < -0.4 is 11.3 Å². The Bertz CT molecular complexity index is 536. The van der Waals surface area contributed by atoms with Crippen LogP contribution in [-0.4, -0.2) is 9.78 Å². The van der Waals surface area contributed by atoms with Crippen LogP contribution in [0.15, 0.2) is 34.9 Å². The molecule has 0 spiro atoms. The Morgan fingerprint density at radius 2 is 2.22 bits per heavy atom. The van der Waals surface area contributed by atoms with Crippen LogP contribution in [0.4, 0.5) is 0 Å². The molecule has 0 bridgehead atoms. The van der Waals surface area contributed by atoms with E-state index in [1.54, 1.807) is 6.20 Å². The van der Waals surface area contributed by atoms with E-state index in [0.717, 1.165) is 22.3 Å². The van der Waals surface area contributed by atoms with E-state index in [4.69, 9.17) is 5.84 Å². The topological polar surface area (TPSA) is 55.9 Å². The van der Waals surface area contributed by atoms with Gasteiger partial charge in [-0.3, -0.25) is 10.5 Å². The summed E-state index contributed by atoms with van der Waals surface area (Å²) in [5.41, 5.74) is 6.31. The second-order valence-electron chi connectivity index (χ2n) is 4.17. The van der Waals surface area contributed by atoms with E-state index >= 15 is 0 Å². The van der Waals surface area contributed by atoms with E-state index in [1.807, 2.05) is 16.8 Å². The van der Waals surface area contributed by atoms with Crippen molar-refractivity contribution in [3.8, 4) is 0 Å². The zero-order valence-corrected chi connectivity index (χ0v) is 12.1. The van der Waals surface area contributed by atoms with Crippen LogP contribution in [0.2, 0.25) is 0 Å². The van der Waals surface area contributed by atoms with Gasteiger partial charge in [-0.1, -0.05) is 22.0 Å². The van der Waals surface area contributed by atoms with Gasteiger partial charge in [0.2, 0.25) is 0 Å². The van der Waals surface area contributed by atoms with Crippen LogP contribution in [0, 0.1) is 6.92 Å². The van der Waals surface area contributed by atoms with Gasteiger partial charge in [0.25, 0.3) is 0 Å². The van der Waals surface area contributed by atoms with E-state index in [0.29, 0.717) is 0 Å². The average Bonchev–Trinajstić information content (AvgIpc) is 2.81. The normalized spacial score (nSPS) is 12.7. The Labute approximate surface area is 115 Å². The van der Waals surface area contributed by atoms with Gasteiger partial charge in [-0.05, 0) is 43.2 Å². The minimum absolute atomic E-state index is 0.0412. The molecular weight excluding hydrogens is 292 g/mol. The van der Waals surface area contributed by atoms with Crippen molar-refractivity contribution in [3.05, 3.63) is 51.8 Å². The largest absolute Gasteiger partial charge is 0.271 e. The zero-order chi connectivity index (χ0) is 13.1. The van der Waals surface area contributed by atoms with E-state index in [1.165, 1.54) is 5.56 Å². The molecule has 0 radical (unpaired) electrons. The maximum absolute atomic E-state index is 5.72. The standard InChI is InChI=1S/C13H17BrN4/c1-3-18-12(6-7-16-18)13(17-15)11-5-4-10(14)8-9(11)2/h4-8,13,17H,3,15H2,1-2H3. The Kier molecular flexibility index (Phi) is 4.16. The molecule has 4 nitrogen and oxygen atoms in total. The molecule has 1 aromatic heterocycles. The van der Waals surface area contributed by atoms with Gasteiger partial charge in [0.15, 0.2) is 0 Å². The molecule has 5 heteroatoms. The molecule has 0 aliphatic rings. The summed E-state index contributed by atoms with van der Waals surface area (Å²) in [6.45, 7) is 4.98. The Balaban J connectivity index is 2.45. The number of halogens is 1. The number of hydrogen-bond acceptors (Lipinski definition) is 3. The molecule has 0 aliphatic heterocycles. The Hall–Kier alpha value is -1.17. The summed E-state index contributed by atoms with van der Waals surface area (Å²) in [6, 6.07) is 8.15. The van der Waals surface area contributed by atoms with Gasteiger partial charge in [-0.25, -0.2) is 5.43 Å². The number of nitrogens with two attached hydrogens (primary N) is 1. The maximum atomic E-state index is 5.72. The second-order valence-corrected chi connectivity index (χ2v) is 5.09. The highest BCUT2D eigenvalue weighted by Crippen LogP contribution is 2.26. The molecule has 0 saturated carbocycles. The SMILES string of the molecule is CCn1nccc1C(NN)c1ccc(Br)cc1C. The molecular formula is C13H17BrN4. The third kappa shape index (κ3) is 2.48. The second kappa shape index (κ2) is 5.65. The summed E-state index contributed by atoms with van der Waals surface area (Å²) in [5.74, 6) is 5.72. The maximum Gasteiger partial charge on any atom is 0.0880 e. The van der Waals surface area contributed by atoms with Crippen LogP contribution >= 0.6 is 15.9 Å². The predicted molar refractivity (Wildman–Crippen MR) is 75.9 cm³/mol. The molecule has 1 unspecified atom stereocenters. The smallest absolute Gasteiger partial charge is 0.0880 e. The quantitative estimate of drug-likeness (QED) is 0.674. The van der Waals surface area contributed by atoms with E-state index in [2.05, 4.69) is 52.4 Å². The fourth-order valence-electron chi connectivity index (χ4n) is 2.15. The van der Waals surface area contributed by atoms with E-state index in [-0.39, 0.29) is 6.04 Å². The summed E-state index contributed by atoms with van der Waals surface area (Å²) in [4.78, 5) is 0. The molecule has 1 heterocycles. The molecule has 0 amide bonds. The summed E-state index contributed by atoms with van der Waals surface area (Å²) in [7, 11) is 0. The van der Waals surface area contributed by atoms with Crippen molar-refractivity contribution in [1.82, 2.24) is 15.2 Å². The number of hydrogen-bond donors (Lipinski definition) is 2. The highest BCUT2D eigenvalue weighted by atomic mass is 79.9. The summed E-state index contributed by atoms with van der Waals surface area (Å²) >= 11 is 3.47. The molecule has 0 aliphatic carbocycles. The zero-order valence-electron chi connectivity index (χ0n) is 10.5. The minimum Gasteiger partial charge on any atom is -0.271 e. The molecule has 0 fully saturated rings. The molecule has 3 N–H and O–H groups in total. The van der Waals surface area contributed by atoms with Gasteiger partial charge in [-0.2, -0.15) is 5.10 Å². The fourth-order valence-corrected chi connectivity index (χ4v) is 2.63. The lowest BCUT2D eigenvalue weighted by Gasteiger charge is -2.19. The first kappa shape index (κ1) is 13.3. The lowest BCUT2D eigenvalue weighted by Crippen LogP contribution is -2.31. The van der Waals surface area contributed by atoms with Gasteiger partial charge in [-0.15, -0.1) is 0 Å². The summed E-state index contributed by atoms with van der Waals surface area (Å²) in [5, 5.41) is 4.29. The van der Waals surface area contributed by atoms with Crippen LogP contribution in [0.25, 0.3) is 0 Å². The van der Waals surface area contributed by atoms with Crippen molar-refractivity contribution in [3.63, 3.8) is 0 Å². The highest BCUT2D eigenvalue weighted by Gasteiger charge is 2.18. The number of aromatic nitrogens is 2. The van der Waals surface area contributed by atoms with Gasteiger partial charge < -0.3 is 0 Å². The monoisotopic (exact) mass is 308 g/mol. The molecule has 0 saturated heterocycles. The first-order valence-corrected chi connectivity index (χ1v) is 6.70. The van der Waals surface area contributed by atoms with E-state index < -0.39 is 0 Å². The number of rotatable bonds is 4. The third-order valence-electron chi connectivity index (χ3n) is 3.05. The van der Waals surface area contributed by atoms with Crippen LogP contribution in [0.5, 0.6) is 0 Å². The van der Waals surface area contributed by atoms with Crippen molar-refractivity contribution < 1.29 is 0 Å². The van der Waals surface area contributed by atoms with Gasteiger partial charge >= 0.3 is 0 Å². The van der Waals surface area contributed by atoms with Gasteiger partial charge in [0.1, 0.15) is 0 Å². The molecule has 2 rings (SSSR count). The molecule has 2 aromatic rings.